The van der Waals surface area contributed by atoms with E-state index in [9.17, 15) is 9.59 Å². The highest BCUT2D eigenvalue weighted by Crippen LogP contribution is 2.25. The normalized spacial score (nSPS) is 10.2. The van der Waals surface area contributed by atoms with E-state index in [0.29, 0.717) is 47.0 Å². The summed E-state index contributed by atoms with van der Waals surface area (Å²) >= 11 is 6.31. The second-order valence-corrected chi connectivity index (χ2v) is 7.30. The number of hydrogen-bond acceptors (Lipinski definition) is 4. The number of nitriles is 1. The minimum Gasteiger partial charge on any atom is -0.457 e. The predicted molar refractivity (Wildman–Crippen MR) is 124 cm³/mol. The largest absolute Gasteiger partial charge is 0.457 e. The van der Waals surface area contributed by atoms with Crippen molar-refractivity contribution in [3.8, 4) is 17.6 Å². The molecule has 0 aliphatic heterocycles. The van der Waals surface area contributed by atoms with Gasteiger partial charge in [-0.15, -0.1) is 0 Å². The fraction of sp³-hybridized carbons (Fsp3) is 0.160. The summed E-state index contributed by atoms with van der Waals surface area (Å²) in [4.78, 5) is 26.9. The Bertz CT molecular complexity index is 1170. The highest BCUT2D eigenvalue weighted by molar-refractivity contribution is 6.34. The van der Waals surface area contributed by atoms with E-state index in [4.69, 9.17) is 21.6 Å². The zero-order chi connectivity index (χ0) is 23.1. The molecular weight excluding hydrogens is 426 g/mol. The van der Waals surface area contributed by atoms with Gasteiger partial charge in [0.15, 0.2) is 0 Å². The summed E-state index contributed by atoms with van der Waals surface area (Å²) in [6.07, 6.45) is 0. The van der Waals surface area contributed by atoms with E-state index in [-0.39, 0.29) is 16.8 Å². The molecule has 1 N–H and O–H groups in total. The Kier molecular flexibility index (Phi) is 7.48. The van der Waals surface area contributed by atoms with Gasteiger partial charge in [-0.1, -0.05) is 17.7 Å². The lowest BCUT2D eigenvalue weighted by atomic mass is 10.1. The molecule has 0 spiro atoms. The lowest BCUT2D eigenvalue weighted by molar-refractivity contribution is 0.0773. The van der Waals surface area contributed by atoms with Gasteiger partial charge in [0, 0.05) is 24.3 Å². The average Bonchev–Trinajstić information content (AvgIpc) is 2.80. The quantitative estimate of drug-likeness (QED) is 0.500. The van der Waals surface area contributed by atoms with Gasteiger partial charge in [-0.2, -0.15) is 5.26 Å². The van der Waals surface area contributed by atoms with Crippen molar-refractivity contribution >= 4 is 29.1 Å². The van der Waals surface area contributed by atoms with E-state index >= 15 is 0 Å². The van der Waals surface area contributed by atoms with Crippen LogP contribution in [-0.4, -0.2) is 29.8 Å². The zero-order valence-electron chi connectivity index (χ0n) is 17.8. The van der Waals surface area contributed by atoms with Crippen LogP contribution in [0.15, 0.2) is 66.7 Å². The number of carbonyl (C=O) groups is 2. The van der Waals surface area contributed by atoms with E-state index in [2.05, 4.69) is 11.4 Å². The number of nitrogens with zero attached hydrogens (tertiary/aromatic N) is 2. The zero-order valence-corrected chi connectivity index (χ0v) is 18.5. The van der Waals surface area contributed by atoms with Crippen molar-refractivity contribution < 1.29 is 14.3 Å². The number of benzene rings is 3. The highest BCUT2D eigenvalue weighted by atomic mass is 35.5. The molecule has 3 rings (SSSR count). The van der Waals surface area contributed by atoms with Crippen LogP contribution in [0.1, 0.15) is 40.1 Å². The molecule has 0 unspecified atom stereocenters. The fourth-order valence-corrected chi connectivity index (χ4v) is 3.35. The molecule has 0 aliphatic carbocycles. The summed E-state index contributed by atoms with van der Waals surface area (Å²) in [6.45, 7) is 4.99. The molecule has 0 aliphatic rings. The van der Waals surface area contributed by atoms with Crippen molar-refractivity contribution in [3.63, 3.8) is 0 Å². The van der Waals surface area contributed by atoms with Gasteiger partial charge in [-0.3, -0.25) is 9.59 Å². The third kappa shape index (κ3) is 5.45. The molecule has 3 aromatic rings. The van der Waals surface area contributed by atoms with Crippen molar-refractivity contribution in [2.75, 3.05) is 18.4 Å². The number of carbonyl (C=O) groups excluding carboxylic acids is 2. The van der Waals surface area contributed by atoms with Crippen molar-refractivity contribution in [3.05, 3.63) is 88.4 Å². The molecule has 7 heteroatoms. The molecule has 2 amide bonds. The Morgan fingerprint density at radius 1 is 1.00 bits per heavy atom. The first-order valence-electron chi connectivity index (χ1n) is 10.1. The summed E-state index contributed by atoms with van der Waals surface area (Å²) in [5.74, 6) is 0.557. The summed E-state index contributed by atoms with van der Waals surface area (Å²) < 4.78 is 5.77. The third-order valence-corrected chi connectivity index (χ3v) is 5.14. The van der Waals surface area contributed by atoms with Crippen molar-refractivity contribution in [2.24, 2.45) is 0 Å². The lowest BCUT2D eigenvalue weighted by Gasteiger charge is -2.19. The van der Waals surface area contributed by atoms with Crippen molar-refractivity contribution in [1.29, 1.82) is 5.26 Å². The molecule has 0 aromatic heterocycles. The molecule has 0 fully saturated rings. The van der Waals surface area contributed by atoms with Crippen LogP contribution in [0.4, 0.5) is 5.69 Å². The van der Waals surface area contributed by atoms with Crippen LogP contribution in [-0.2, 0) is 0 Å². The van der Waals surface area contributed by atoms with Gasteiger partial charge in [-0.25, -0.2) is 0 Å². The minimum atomic E-state index is -0.339. The Morgan fingerprint density at radius 3 is 2.34 bits per heavy atom. The third-order valence-electron chi connectivity index (χ3n) is 4.82. The van der Waals surface area contributed by atoms with E-state index in [0.717, 1.165) is 0 Å². The number of anilines is 1. The number of halogens is 1. The molecule has 6 nitrogen and oxygen atoms in total. The Morgan fingerprint density at radius 2 is 1.72 bits per heavy atom. The average molecular weight is 448 g/mol. The second-order valence-electron chi connectivity index (χ2n) is 6.89. The maximum absolute atomic E-state index is 12.7. The molecule has 0 radical (unpaired) electrons. The topological polar surface area (TPSA) is 82.4 Å². The van der Waals surface area contributed by atoms with Crippen LogP contribution in [0.3, 0.4) is 0 Å². The minimum absolute atomic E-state index is 0.148. The lowest BCUT2D eigenvalue weighted by Crippen LogP contribution is -2.30. The van der Waals surface area contributed by atoms with Gasteiger partial charge < -0.3 is 15.0 Å². The summed E-state index contributed by atoms with van der Waals surface area (Å²) in [7, 11) is 0. The van der Waals surface area contributed by atoms with Crippen molar-refractivity contribution in [1.82, 2.24) is 4.90 Å². The molecule has 0 atom stereocenters. The van der Waals surface area contributed by atoms with E-state index in [1.807, 2.05) is 13.8 Å². The van der Waals surface area contributed by atoms with Crippen LogP contribution >= 0.6 is 11.6 Å². The number of hydrogen-bond donors (Lipinski definition) is 1. The highest BCUT2D eigenvalue weighted by Gasteiger charge is 2.17. The molecule has 162 valence electrons. The second kappa shape index (κ2) is 10.5. The maximum atomic E-state index is 12.7. The first kappa shape index (κ1) is 22.9. The van der Waals surface area contributed by atoms with Gasteiger partial charge in [0.25, 0.3) is 11.8 Å². The van der Waals surface area contributed by atoms with Gasteiger partial charge >= 0.3 is 0 Å². The predicted octanol–water partition coefficient (Wildman–Crippen LogP) is 5.74. The first-order chi connectivity index (χ1) is 15.4. The van der Waals surface area contributed by atoms with Crippen LogP contribution in [0.2, 0.25) is 5.02 Å². The molecule has 0 saturated carbocycles. The van der Waals surface area contributed by atoms with E-state index < -0.39 is 0 Å². The summed E-state index contributed by atoms with van der Waals surface area (Å²) in [6, 6.07) is 20.3. The molecule has 3 aromatic carbocycles. The Hall–Kier alpha value is -3.82. The fourth-order valence-electron chi connectivity index (χ4n) is 3.09. The number of ether oxygens (including phenoxy) is 1. The smallest absolute Gasteiger partial charge is 0.255 e. The summed E-state index contributed by atoms with van der Waals surface area (Å²) in [5.41, 5.74) is 1.81. The number of nitrogens with one attached hydrogen (secondary N) is 1. The molecular formula is C25H22ClN3O3. The first-order valence-corrected chi connectivity index (χ1v) is 10.5. The Labute approximate surface area is 192 Å². The van der Waals surface area contributed by atoms with Crippen LogP contribution in [0, 0.1) is 11.3 Å². The molecule has 0 bridgehead atoms. The summed E-state index contributed by atoms with van der Waals surface area (Å²) in [5, 5.41) is 11.9. The molecule has 0 heterocycles. The SMILES string of the molecule is CCN(CC)C(=O)c1ccc(NC(=O)c2cccc(Oc3ccc(C#N)cc3)c2)cc1Cl. The molecule has 32 heavy (non-hydrogen) atoms. The number of rotatable bonds is 7. The van der Waals surface area contributed by atoms with E-state index in [1.54, 1.807) is 71.6 Å². The van der Waals surface area contributed by atoms with Gasteiger partial charge in [0.2, 0.25) is 0 Å². The van der Waals surface area contributed by atoms with Crippen LogP contribution in [0.25, 0.3) is 0 Å². The van der Waals surface area contributed by atoms with E-state index in [1.165, 1.54) is 0 Å². The van der Waals surface area contributed by atoms with Gasteiger partial charge in [0.1, 0.15) is 11.5 Å². The number of amides is 2. The van der Waals surface area contributed by atoms with Gasteiger partial charge in [-0.05, 0) is 74.5 Å². The van der Waals surface area contributed by atoms with Crippen LogP contribution < -0.4 is 10.1 Å². The van der Waals surface area contributed by atoms with Crippen LogP contribution in [0.5, 0.6) is 11.5 Å². The van der Waals surface area contributed by atoms with Crippen molar-refractivity contribution in [2.45, 2.75) is 13.8 Å². The maximum Gasteiger partial charge on any atom is 0.255 e. The van der Waals surface area contributed by atoms with Gasteiger partial charge in [0.05, 0.1) is 22.2 Å². The molecule has 0 saturated heterocycles. The Balaban J connectivity index is 1.72. The monoisotopic (exact) mass is 447 g/mol. The standard InChI is InChI=1S/C25H22ClN3O3/c1-3-29(4-2)25(31)22-13-10-19(15-23(22)26)28-24(30)18-6-5-7-21(14-18)32-20-11-8-17(16-27)9-12-20/h5-15H,3-4H2,1-2H3,(H,28,30).